The monoisotopic (exact) mass is 285 g/mol. The molecule has 2 aromatic rings. The molecule has 0 fully saturated rings. The minimum absolute atomic E-state index is 0.0959. The Balaban J connectivity index is 1.89. The molecule has 0 aliphatic carbocycles. The maximum absolute atomic E-state index is 11.8. The topological polar surface area (TPSA) is 67.2 Å². The van der Waals surface area contributed by atoms with Crippen LogP contribution in [0.2, 0.25) is 0 Å². The average molecular weight is 285 g/mol. The normalized spacial score (nSPS) is 12.5. The van der Waals surface area contributed by atoms with Gasteiger partial charge in [-0.15, -0.1) is 0 Å². The highest BCUT2D eigenvalue weighted by Crippen LogP contribution is 2.03. The van der Waals surface area contributed by atoms with Crippen LogP contribution in [-0.2, 0) is 18.3 Å². The maximum Gasteiger partial charge on any atom is 0.244 e. The van der Waals surface area contributed by atoms with Crippen molar-refractivity contribution >= 4 is 12.0 Å². The van der Waals surface area contributed by atoms with E-state index in [2.05, 4.69) is 10.4 Å². The molecular formula is C16H19N3O2. The molecule has 0 radical (unpaired) electrons. The summed E-state index contributed by atoms with van der Waals surface area (Å²) in [4.78, 5) is 11.8. The molecule has 5 nitrogen and oxygen atoms in total. The highest BCUT2D eigenvalue weighted by Gasteiger charge is 2.10. The number of aliphatic hydroxyl groups is 1. The number of aromatic nitrogens is 2. The summed E-state index contributed by atoms with van der Waals surface area (Å²) in [5.41, 5.74) is 1.93. The van der Waals surface area contributed by atoms with E-state index in [-0.39, 0.29) is 18.6 Å². The number of aliphatic hydroxyl groups excluding tert-OH is 1. The van der Waals surface area contributed by atoms with Crippen LogP contribution < -0.4 is 5.32 Å². The summed E-state index contributed by atoms with van der Waals surface area (Å²) < 4.78 is 1.67. The van der Waals surface area contributed by atoms with Gasteiger partial charge in [0.15, 0.2) is 0 Å². The Kier molecular flexibility index (Phi) is 5.29. The molecule has 21 heavy (non-hydrogen) atoms. The molecule has 0 unspecified atom stereocenters. The zero-order valence-corrected chi connectivity index (χ0v) is 11.9. The van der Waals surface area contributed by atoms with E-state index in [9.17, 15) is 9.90 Å². The molecule has 110 valence electrons. The van der Waals surface area contributed by atoms with Gasteiger partial charge in [0.2, 0.25) is 5.91 Å². The first-order valence-corrected chi connectivity index (χ1v) is 6.79. The fourth-order valence-corrected chi connectivity index (χ4v) is 2.01. The molecule has 1 amide bonds. The minimum atomic E-state index is -0.293. The first-order valence-electron chi connectivity index (χ1n) is 6.79. The zero-order chi connectivity index (χ0) is 15.1. The first-order chi connectivity index (χ1) is 10.2. The number of benzene rings is 1. The van der Waals surface area contributed by atoms with Gasteiger partial charge in [-0.3, -0.25) is 9.48 Å². The molecule has 1 heterocycles. The third-order valence-corrected chi connectivity index (χ3v) is 3.04. The van der Waals surface area contributed by atoms with Crippen molar-refractivity contribution in [3.63, 3.8) is 0 Å². The van der Waals surface area contributed by atoms with Crippen molar-refractivity contribution in [3.8, 4) is 0 Å². The lowest BCUT2D eigenvalue weighted by Crippen LogP contribution is -2.38. The largest absolute Gasteiger partial charge is 0.394 e. The summed E-state index contributed by atoms with van der Waals surface area (Å²) in [7, 11) is 1.82. The van der Waals surface area contributed by atoms with Crippen molar-refractivity contribution in [2.24, 2.45) is 7.05 Å². The van der Waals surface area contributed by atoms with Crippen LogP contribution in [0.3, 0.4) is 0 Å². The number of carbonyl (C=O) groups excluding carboxylic acids is 1. The van der Waals surface area contributed by atoms with Gasteiger partial charge in [-0.2, -0.15) is 5.10 Å². The Bertz CT molecular complexity index is 605. The van der Waals surface area contributed by atoms with E-state index in [1.54, 1.807) is 17.0 Å². The van der Waals surface area contributed by atoms with Crippen LogP contribution in [0.15, 0.2) is 48.8 Å². The van der Waals surface area contributed by atoms with E-state index in [0.29, 0.717) is 6.42 Å². The Hall–Kier alpha value is -2.40. The van der Waals surface area contributed by atoms with Crippen LogP contribution in [0.5, 0.6) is 0 Å². The van der Waals surface area contributed by atoms with E-state index in [1.807, 2.05) is 43.6 Å². The number of amides is 1. The Labute approximate surface area is 123 Å². The van der Waals surface area contributed by atoms with Crippen LogP contribution in [0.4, 0.5) is 0 Å². The molecule has 0 saturated carbocycles. The van der Waals surface area contributed by atoms with Crippen molar-refractivity contribution in [3.05, 3.63) is 59.9 Å². The molecule has 0 aliphatic rings. The van der Waals surface area contributed by atoms with Crippen LogP contribution in [-0.4, -0.2) is 33.4 Å². The Morgan fingerprint density at radius 1 is 1.43 bits per heavy atom. The quantitative estimate of drug-likeness (QED) is 0.783. The molecule has 2 rings (SSSR count). The van der Waals surface area contributed by atoms with Crippen molar-refractivity contribution in [1.29, 1.82) is 0 Å². The predicted molar refractivity (Wildman–Crippen MR) is 81.4 cm³/mol. The van der Waals surface area contributed by atoms with E-state index in [4.69, 9.17) is 0 Å². The van der Waals surface area contributed by atoms with Gasteiger partial charge >= 0.3 is 0 Å². The third kappa shape index (κ3) is 4.89. The van der Waals surface area contributed by atoms with Crippen LogP contribution in [0.1, 0.15) is 11.1 Å². The van der Waals surface area contributed by atoms with Crippen molar-refractivity contribution in [2.75, 3.05) is 6.61 Å². The summed E-state index contributed by atoms with van der Waals surface area (Å²) in [5, 5.41) is 16.2. The van der Waals surface area contributed by atoms with Gasteiger partial charge < -0.3 is 10.4 Å². The van der Waals surface area contributed by atoms with Crippen molar-refractivity contribution in [2.45, 2.75) is 12.5 Å². The fourth-order valence-electron chi connectivity index (χ4n) is 2.01. The number of rotatable bonds is 6. The summed E-state index contributed by atoms with van der Waals surface area (Å²) in [5.74, 6) is -0.228. The smallest absolute Gasteiger partial charge is 0.244 e. The summed E-state index contributed by atoms with van der Waals surface area (Å²) >= 11 is 0. The average Bonchev–Trinajstić information content (AvgIpc) is 2.91. The van der Waals surface area contributed by atoms with Crippen LogP contribution in [0.25, 0.3) is 6.08 Å². The fraction of sp³-hybridized carbons (Fsp3) is 0.250. The van der Waals surface area contributed by atoms with Crippen LogP contribution >= 0.6 is 0 Å². The van der Waals surface area contributed by atoms with Crippen LogP contribution in [0, 0.1) is 0 Å². The minimum Gasteiger partial charge on any atom is -0.394 e. The van der Waals surface area contributed by atoms with Gasteiger partial charge in [-0.05, 0) is 18.1 Å². The second-order valence-corrected chi connectivity index (χ2v) is 4.86. The second-order valence-electron chi connectivity index (χ2n) is 4.86. The zero-order valence-electron chi connectivity index (χ0n) is 11.9. The number of hydrogen-bond acceptors (Lipinski definition) is 3. The van der Waals surface area contributed by atoms with Gasteiger partial charge in [0.05, 0.1) is 18.8 Å². The molecule has 1 aromatic heterocycles. The third-order valence-electron chi connectivity index (χ3n) is 3.04. The SMILES string of the molecule is Cn1cc(/C=C/C(=O)N[C@H](CO)Cc2ccccc2)cn1. The lowest BCUT2D eigenvalue weighted by atomic mass is 10.1. The highest BCUT2D eigenvalue weighted by molar-refractivity contribution is 5.91. The van der Waals surface area contributed by atoms with Gasteiger partial charge in [0.1, 0.15) is 0 Å². The highest BCUT2D eigenvalue weighted by atomic mass is 16.3. The van der Waals surface area contributed by atoms with Gasteiger partial charge in [0, 0.05) is 24.9 Å². The Morgan fingerprint density at radius 2 is 2.19 bits per heavy atom. The molecule has 1 atom stereocenters. The molecule has 0 spiro atoms. The number of aryl methyl sites for hydroxylation is 1. The molecule has 5 heteroatoms. The second kappa shape index (κ2) is 7.40. The lowest BCUT2D eigenvalue weighted by molar-refractivity contribution is -0.117. The molecular weight excluding hydrogens is 266 g/mol. The summed E-state index contributed by atoms with van der Waals surface area (Å²) in [6, 6.07) is 9.47. The molecule has 1 aromatic carbocycles. The Morgan fingerprint density at radius 3 is 2.81 bits per heavy atom. The molecule has 0 bridgehead atoms. The van der Waals surface area contributed by atoms with Gasteiger partial charge in [0.25, 0.3) is 0 Å². The number of nitrogens with zero attached hydrogens (tertiary/aromatic N) is 2. The van der Waals surface area contributed by atoms with E-state index in [1.165, 1.54) is 6.08 Å². The molecule has 2 N–H and O–H groups in total. The number of carbonyl (C=O) groups is 1. The van der Waals surface area contributed by atoms with E-state index < -0.39 is 0 Å². The van der Waals surface area contributed by atoms with Crippen molar-refractivity contribution < 1.29 is 9.90 Å². The number of nitrogens with one attached hydrogen (secondary N) is 1. The number of hydrogen-bond donors (Lipinski definition) is 2. The molecule has 0 saturated heterocycles. The predicted octanol–water partition coefficient (Wildman–Crippen LogP) is 1.15. The van der Waals surface area contributed by atoms with Gasteiger partial charge in [-0.1, -0.05) is 30.3 Å². The standard InChI is InChI=1S/C16H19N3O2/c1-19-11-14(10-17-19)7-8-16(21)18-15(12-20)9-13-5-3-2-4-6-13/h2-8,10-11,15,20H,9,12H2,1H3,(H,18,21)/b8-7+/t15-/m0/s1. The van der Waals surface area contributed by atoms with Crippen molar-refractivity contribution in [1.82, 2.24) is 15.1 Å². The maximum atomic E-state index is 11.8. The summed E-state index contributed by atoms with van der Waals surface area (Å²) in [6.07, 6.45) is 7.24. The first kappa shape index (κ1) is 15.0. The van der Waals surface area contributed by atoms with E-state index in [0.717, 1.165) is 11.1 Å². The lowest BCUT2D eigenvalue weighted by Gasteiger charge is -2.15. The summed E-state index contributed by atoms with van der Waals surface area (Å²) in [6.45, 7) is -0.0959. The van der Waals surface area contributed by atoms with Gasteiger partial charge in [-0.25, -0.2) is 0 Å². The van der Waals surface area contributed by atoms with E-state index >= 15 is 0 Å². The molecule has 0 aliphatic heterocycles.